The summed E-state index contributed by atoms with van der Waals surface area (Å²) in [7, 11) is 1.75. The highest BCUT2D eigenvalue weighted by atomic mass is 32.1. The maximum atomic E-state index is 14.1. The highest BCUT2D eigenvalue weighted by Gasteiger charge is 2.30. The Morgan fingerprint density at radius 1 is 1.29 bits per heavy atom. The Labute approximate surface area is 166 Å². The molecule has 0 aliphatic carbocycles. The van der Waals surface area contributed by atoms with E-state index in [1.54, 1.807) is 24.3 Å². The van der Waals surface area contributed by atoms with Gasteiger partial charge in [-0.25, -0.2) is 4.39 Å². The zero-order valence-electron chi connectivity index (χ0n) is 15.7. The van der Waals surface area contributed by atoms with E-state index in [1.807, 2.05) is 19.1 Å². The standard InChI is InChI=1S/C19H21FN6OS/c1-11-24-25-19(28-11)17-6-12-5-14(22-8-13(12)9-23-17)7-18(27)26-4-3-16(21-2)15(20)10-26/h5-6,8-9,15-16,21H,3-4,7,10H2,1-2H3/t15-,16-/m1/s1. The number of carbonyl (C=O) groups is 1. The maximum absolute atomic E-state index is 14.1. The molecule has 1 aliphatic heterocycles. The van der Waals surface area contributed by atoms with Gasteiger partial charge in [-0.2, -0.15) is 0 Å². The number of fused-ring (bicyclic) bond motifs is 1. The third kappa shape index (κ3) is 3.85. The van der Waals surface area contributed by atoms with Crippen molar-refractivity contribution in [3.8, 4) is 10.7 Å². The number of amides is 1. The molecule has 9 heteroatoms. The molecule has 1 N–H and O–H groups in total. The SMILES string of the molecule is CN[C@@H]1CCN(C(=O)Cc2cc3cc(-c4nnc(C)s4)ncc3cn2)C[C@H]1F. The van der Waals surface area contributed by atoms with Crippen LogP contribution in [-0.2, 0) is 11.2 Å². The number of aryl methyl sites for hydroxylation is 1. The number of rotatable bonds is 4. The molecular weight excluding hydrogens is 379 g/mol. The number of carbonyl (C=O) groups excluding carboxylic acids is 1. The van der Waals surface area contributed by atoms with Crippen molar-refractivity contribution >= 4 is 28.0 Å². The number of likely N-dealkylation sites (tertiary alicyclic amines) is 1. The maximum Gasteiger partial charge on any atom is 0.228 e. The van der Waals surface area contributed by atoms with Crippen LogP contribution in [0.2, 0.25) is 0 Å². The monoisotopic (exact) mass is 400 g/mol. The van der Waals surface area contributed by atoms with E-state index >= 15 is 0 Å². The van der Waals surface area contributed by atoms with Gasteiger partial charge in [0, 0.05) is 30.4 Å². The summed E-state index contributed by atoms with van der Waals surface area (Å²) in [5.74, 6) is -0.0990. The van der Waals surface area contributed by atoms with E-state index < -0.39 is 6.17 Å². The van der Waals surface area contributed by atoms with Crippen LogP contribution in [0.15, 0.2) is 24.5 Å². The summed E-state index contributed by atoms with van der Waals surface area (Å²) in [5.41, 5.74) is 1.41. The highest BCUT2D eigenvalue weighted by Crippen LogP contribution is 2.25. The number of pyridine rings is 2. The summed E-state index contributed by atoms with van der Waals surface area (Å²) in [5, 5.41) is 14.6. The number of hydrogen-bond acceptors (Lipinski definition) is 7. The average molecular weight is 400 g/mol. The summed E-state index contributed by atoms with van der Waals surface area (Å²) >= 11 is 1.48. The zero-order valence-corrected chi connectivity index (χ0v) is 16.5. The Morgan fingerprint density at radius 3 is 2.82 bits per heavy atom. The first-order chi connectivity index (χ1) is 13.5. The average Bonchev–Trinajstić information content (AvgIpc) is 3.13. The Kier molecular flexibility index (Phi) is 5.27. The third-order valence-corrected chi connectivity index (χ3v) is 5.86. The van der Waals surface area contributed by atoms with Crippen molar-refractivity contribution in [2.24, 2.45) is 0 Å². The molecule has 1 aliphatic rings. The minimum atomic E-state index is -1.05. The van der Waals surface area contributed by atoms with Crippen molar-refractivity contribution < 1.29 is 9.18 Å². The molecule has 3 aromatic heterocycles. The lowest BCUT2D eigenvalue weighted by molar-refractivity contribution is -0.133. The molecule has 0 radical (unpaired) electrons. The molecule has 0 aromatic carbocycles. The Bertz CT molecular complexity index is 1010. The lowest BCUT2D eigenvalue weighted by Gasteiger charge is -2.34. The lowest BCUT2D eigenvalue weighted by Crippen LogP contribution is -2.51. The van der Waals surface area contributed by atoms with Gasteiger partial charge < -0.3 is 10.2 Å². The second-order valence-electron chi connectivity index (χ2n) is 6.93. The summed E-state index contributed by atoms with van der Waals surface area (Å²) in [6, 6.07) is 3.64. The topological polar surface area (TPSA) is 83.9 Å². The predicted octanol–water partition coefficient (Wildman–Crippen LogP) is 2.16. The molecule has 1 fully saturated rings. The van der Waals surface area contributed by atoms with Crippen molar-refractivity contribution in [1.29, 1.82) is 0 Å². The van der Waals surface area contributed by atoms with Crippen molar-refractivity contribution in [3.05, 3.63) is 35.2 Å². The molecule has 0 bridgehead atoms. The van der Waals surface area contributed by atoms with Gasteiger partial charge >= 0.3 is 0 Å². The summed E-state index contributed by atoms with van der Waals surface area (Å²) < 4.78 is 14.1. The van der Waals surface area contributed by atoms with Crippen LogP contribution in [0.3, 0.4) is 0 Å². The van der Waals surface area contributed by atoms with Crippen LogP contribution in [0.25, 0.3) is 21.5 Å². The molecule has 4 heterocycles. The normalized spacial score (nSPS) is 19.9. The van der Waals surface area contributed by atoms with E-state index in [1.165, 1.54) is 11.3 Å². The van der Waals surface area contributed by atoms with Crippen molar-refractivity contribution in [3.63, 3.8) is 0 Å². The van der Waals surface area contributed by atoms with E-state index in [0.717, 1.165) is 26.5 Å². The van der Waals surface area contributed by atoms with Crippen LogP contribution < -0.4 is 5.32 Å². The number of hydrogen-bond donors (Lipinski definition) is 1. The molecule has 3 aromatic rings. The minimum absolute atomic E-state index is 0.0990. The second-order valence-corrected chi connectivity index (χ2v) is 8.12. The number of piperidine rings is 1. The van der Waals surface area contributed by atoms with Gasteiger partial charge in [0.2, 0.25) is 5.91 Å². The first-order valence-electron chi connectivity index (χ1n) is 9.18. The number of aromatic nitrogens is 4. The van der Waals surface area contributed by atoms with Crippen molar-refractivity contribution in [2.75, 3.05) is 20.1 Å². The van der Waals surface area contributed by atoms with Gasteiger partial charge in [-0.3, -0.25) is 14.8 Å². The van der Waals surface area contributed by atoms with Gasteiger partial charge in [0.1, 0.15) is 16.9 Å². The van der Waals surface area contributed by atoms with Crippen LogP contribution >= 0.6 is 11.3 Å². The van der Waals surface area contributed by atoms with E-state index in [4.69, 9.17) is 0 Å². The fraction of sp³-hybridized carbons (Fsp3) is 0.421. The Balaban J connectivity index is 1.51. The van der Waals surface area contributed by atoms with Crippen LogP contribution in [0.4, 0.5) is 4.39 Å². The quantitative estimate of drug-likeness (QED) is 0.723. The van der Waals surface area contributed by atoms with Gasteiger partial charge in [-0.1, -0.05) is 11.3 Å². The third-order valence-electron chi connectivity index (χ3n) is 5.00. The fourth-order valence-electron chi connectivity index (χ4n) is 3.42. The Morgan fingerprint density at radius 2 is 2.11 bits per heavy atom. The first-order valence-corrected chi connectivity index (χ1v) is 9.99. The van der Waals surface area contributed by atoms with Gasteiger partial charge in [-0.05, 0) is 37.9 Å². The van der Waals surface area contributed by atoms with Gasteiger partial charge in [0.15, 0.2) is 5.01 Å². The summed E-state index contributed by atoms with van der Waals surface area (Å²) in [4.78, 5) is 23.0. The summed E-state index contributed by atoms with van der Waals surface area (Å²) in [6.45, 7) is 2.59. The molecule has 0 saturated carbocycles. The van der Waals surface area contributed by atoms with Crippen molar-refractivity contribution in [1.82, 2.24) is 30.4 Å². The lowest BCUT2D eigenvalue weighted by atomic mass is 10.0. The van der Waals surface area contributed by atoms with Gasteiger partial charge in [-0.15, -0.1) is 10.2 Å². The zero-order chi connectivity index (χ0) is 19.7. The molecule has 4 rings (SSSR count). The largest absolute Gasteiger partial charge is 0.339 e. The van der Waals surface area contributed by atoms with E-state index in [9.17, 15) is 9.18 Å². The number of nitrogens with zero attached hydrogens (tertiary/aromatic N) is 5. The van der Waals surface area contributed by atoms with Gasteiger partial charge in [0.25, 0.3) is 0 Å². The molecule has 0 unspecified atom stereocenters. The van der Waals surface area contributed by atoms with Crippen molar-refractivity contribution in [2.45, 2.75) is 32.0 Å². The summed E-state index contributed by atoms with van der Waals surface area (Å²) in [6.07, 6.45) is 3.19. The molecule has 28 heavy (non-hydrogen) atoms. The smallest absolute Gasteiger partial charge is 0.228 e. The highest BCUT2D eigenvalue weighted by molar-refractivity contribution is 7.14. The molecule has 1 amide bonds. The molecule has 0 spiro atoms. The van der Waals surface area contributed by atoms with E-state index in [-0.39, 0.29) is 24.9 Å². The van der Waals surface area contributed by atoms with Crippen LogP contribution in [0.1, 0.15) is 17.1 Å². The number of halogens is 1. The second kappa shape index (κ2) is 7.84. The molecule has 7 nitrogen and oxygen atoms in total. The van der Waals surface area contributed by atoms with Crippen LogP contribution in [0.5, 0.6) is 0 Å². The Hall–Kier alpha value is -2.52. The minimum Gasteiger partial charge on any atom is -0.339 e. The molecule has 146 valence electrons. The predicted molar refractivity (Wildman–Crippen MR) is 106 cm³/mol. The fourth-order valence-corrected chi connectivity index (χ4v) is 4.08. The molecule has 1 saturated heterocycles. The molecule has 2 atom stereocenters. The van der Waals surface area contributed by atoms with E-state index in [2.05, 4.69) is 25.5 Å². The number of nitrogens with one attached hydrogen (secondary N) is 1. The first kappa shape index (κ1) is 18.8. The number of alkyl halides is 1. The van der Waals surface area contributed by atoms with Crippen LogP contribution in [-0.4, -0.2) is 63.3 Å². The molecular formula is C19H21FN6OS. The van der Waals surface area contributed by atoms with Gasteiger partial charge in [0.05, 0.1) is 18.7 Å². The van der Waals surface area contributed by atoms with Crippen LogP contribution in [0, 0.1) is 6.92 Å². The van der Waals surface area contributed by atoms with E-state index in [0.29, 0.717) is 18.7 Å².